The number of aliphatic imine (C=N–C) groups is 1. The summed E-state index contributed by atoms with van der Waals surface area (Å²) < 4.78 is 5.16. The van der Waals surface area contributed by atoms with Crippen LogP contribution in [0.25, 0.3) is 0 Å². The number of anilines is 3. The minimum absolute atomic E-state index is 0.250. The van der Waals surface area contributed by atoms with Crippen LogP contribution < -0.4 is 20.9 Å². The second-order valence-corrected chi connectivity index (χ2v) is 8.31. The molecule has 1 aliphatic heterocycles. The van der Waals surface area contributed by atoms with Gasteiger partial charge in [0.05, 0.1) is 23.6 Å². The Bertz CT molecular complexity index is 1330. The number of ether oxygens (including phenoxy) is 1. The van der Waals surface area contributed by atoms with Gasteiger partial charge in [-0.25, -0.2) is 9.79 Å². The van der Waals surface area contributed by atoms with Gasteiger partial charge in [-0.15, -0.1) is 0 Å². The van der Waals surface area contributed by atoms with E-state index in [4.69, 9.17) is 4.74 Å². The van der Waals surface area contributed by atoms with Crippen LogP contribution in [0.15, 0.2) is 77.9 Å². The summed E-state index contributed by atoms with van der Waals surface area (Å²) in [5.41, 5.74) is 3.38. The molecule has 4 rings (SSSR count). The van der Waals surface area contributed by atoms with Crippen molar-refractivity contribution in [3.8, 4) is 0 Å². The number of ketones is 1. The van der Waals surface area contributed by atoms with Crippen molar-refractivity contribution in [2.24, 2.45) is 4.99 Å². The number of nitrogens with one attached hydrogen (secondary N) is 3. The van der Waals surface area contributed by atoms with Crippen molar-refractivity contribution in [3.05, 3.63) is 84.2 Å². The van der Waals surface area contributed by atoms with E-state index < -0.39 is 24.2 Å². The first-order chi connectivity index (χ1) is 17.9. The number of rotatable bonds is 8. The minimum atomic E-state index is -1.32. The normalized spacial score (nSPS) is 15.6. The first-order valence-electron chi connectivity index (χ1n) is 11.7. The zero-order chi connectivity index (χ0) is 26.4. The zero-order valence-corrected chi connectivity index (χ0v) is 20.8. The number of fused-ring (bicyclic) bond motifs is 1. The maximum Gasteiger partial charge on any atom is 0.321 e. The molecule has 37 heavy (non-hydrogen) atoms. The average molecular weight is 501 g/mol. The average Bonchev–Trinajstić information content (AvgIpc) is 3.03. The Hall–Kier alpha value is -4.57. The maximum atomic E-state index is 13.8. The summed E-state index contributed by atoms with van der Waals surface area (Å²) in [6, 6.07) is 19.0. The molecule has 0 saturated heterocycles. The van der Waals surface area contributed by atoms with Crippen LogP contribution in [0.1, 0.15) is 18.2 Å². The van der Waals surface area contributed by atoms with E-state index in [9.17, 15) is 14.4 Å². The Morgan fingerprint density at radius 3 is 2.54 bits per heavy atom. The fraction of sp³-hybridized carbons (Fsp3) is 0.222. The fourth-order valence-electron chi connectivity index (χ4n) is 3.85. The second-order valence-electron chi connectivity index (χ2n) is 8.31. The van der Waals surface area contributed by atoms with Gasteiger partial charge in [-0.2, -0.15) is 0 Å². The molecular weight excluding hydrogens is 472 g/mol. The van der Waals surface area contributed by atoms with Crippen molar-refractivity contribution in [3.63, 3.8) is 0 Å². The van der Waals surface area contributed by atoms with E-state index in [0.717, 1.165) is 5.69 Å². The van der Waals surface area contributed by atoms with Crippen molar-refractivity contribution in [2.45, 2.75) is 19.2 Å². The molecule has 1 aliphatic rings. The lowest BCUT2D eigenvalue weighted by molar-refractivity contribution is -0.128. The topological polar surface area (TPSA) is 125 Å². The van der Waals surface area contributed by atoms with E-state index in [2.05, 4.69) is 25.9 Å². The molecule has 10 nitrogen and oxygen atoms in total. The number of methoxy groups -OCH3 is 1. The standard InChI is InChI=1S/C27H28N6O4/c1-17(37-3)23(34)16-33-22-13-5-4-11-20(22)24(21-12-6-7-14-29-21)31-25(26(33)35)32-27(36)30-19-10-8-9-18(15-19)28-2/h4-15,17,25,28H,16H2,1-3H3,(H2,30,32,36). The molecule has 1 aromatic heterocycles. The van der Waals surface area contributed by atoms with Gasteiger partial charge in [-0.3, -0.25) is 14.6 Å². The van der Waals surface area contributed by atoms with Crippen LogP contribution in [0, 0.1) is 0 Å². The minimum Gasteiger partial charge on any atom is -0.388 e. The third-order valence-electron chi connectivity index (χ3n) is 5.91. The molecule has 0 radical (unpaired) electrons. The molecule has 2 unspecified atom stereocenters. The van der Waals surface area contributed by atoms with Gasteiger partial charge >= 0.3 is 6.03 Å². The number of aromatic nitrogens is 1. The predicted octanol–water partition coefficient (Wildman–Crippen LogP) is 3.06. The number of urea groups is 1. The Morgan fingerprint density at radius 1 is 1.05 bits per heavy atom. The smallest absolute Gasteiger partial charge is 0.321 e. The Kier molecular flexibility index (Phi) is 7.89. The van der Waals surface area contributed by atoms with E-state index >= 15 is 0 Å². The molecule has 190 valence electrons. The van der Waals surface area contributed by atoms with Crippen LogP contribution in [0.2, 0.25) is 0 Å². The van der Waals surface area contributed by atoms with Gasteiger partial charge < -0.3 is 25.6 Å². The van der Waals surface area contributed by atoms with Gasteiger partial charge in [-0.05, 0) is 43.3 Å². The van der Waals surface area contributed by atoms with Gasteiger partial charge in [0.2, 0.25) is 6.17 Å². The van der Waals surface area contributed by atoms with Crippen molar-refractivity contribution in [1.82, 2.24) is 10.3 Å². The molecule has 2 heterocycles. The molecule has 0 bridgehead atoms. The van der Waals surface area contributed by atoms with Gasteiger partial charge in [0, 0.05) is 37.3 Å². The molecule has 0 spiro atoms. The first-order valence-corrected chi connectivity index (χ1v) is 11.7. The van der Waals surface area contributed by atoms with Crippen molar-refractivity contribution >= 4 is 40.5 Å². The number of pyridine rings is 1. The Morgan fingerprint density at radius 2 is 1.81 bits per heavy atom. The van der Waals surface area contributed by atoms with E-state index in [1.54, 1.807) is 68.7 Å². The largest absolute Gasteiger partial charge is 0.388 e. The monoisotopic (exact) mass is 500 g/mol. The quantitative estimate of drug-likeness (QED) is 0.437. The molecule has 0 aliphatic carbocycles. The lowest BCUT2D eigenvalue weighted by atomic mass is 10.0. The second kappa shape index (κ2) is 11.4. The van der Waals surface area contributed by atoms with Gasteiger partial charge in [-0.1, -0.05) is 30.3 Å². The third kappa shape index (κ3) is 5.81. The van der Waals surface area contributed by atoms with Crippen LogP contribution in [0.3, 0.4) is 0 Å². The molecular formula is C27H28N6O4. The highest BCUT2D eigenvalue weighted by Gasteiger charge is 2.35. The summed E-state index contributed by atoms with van der Waals surface area (Å²) in [5.74, 6) is -0.854. The van der Waals surface area contributed by atoms with Gasteiger partial charge in [0.15, 0.2) is 5.78 Å². The van der Waals surface area contributed by atoms with Crippen LogP contribution in [0.5, 0.6) is 0 Å². The van der Waals surface area contributed by atoms with Crippen LogP contribution in [-0.2, 0) is 14.3 Å². The lowest BCUT2D eigenvalue weighted by Gasteiger charge is -2.25. The van der Waals surface area contributed by atoms with Crippen molar-refractivity contribution in [2.75, 3.05) is 36.2 Å². The third-order valence-corrected chi connectivity index (χ3v) is 5.91. The zero-order valence-electron chi connectivity index (χ0n) is 20.8. The summed E-state index contributed by atoms with van der Waals surface area (Å²) in [4.78, 5) is 49.9. The van der Waals surface area contributed by atoms with Gasteiger partial charge in [0.1, 0.15) is 6.10 Å². The molecule has 2 aromatic carbocycles. The van der Waals surface area contributed by atoms with Gasteiger partial charge in [0.25, 0.3) is 5.91 Å². The fourth-order valence-corrected chi connectivity index (χ4v) is 3.85. The number of Topliss-reactive ketones (excluding diaryl/α,β-unsaturated/α-hetero) is 1. The van der Waals surface area contributed by atoms with E-state index in [-0.39, 0.29) is 12.3 Å². The number of benzodiazepines with no additional fused rings is 1. The van der Waals surface area contributed by atoms with Crippen LogP contribution in [-0.4, -0.2) is 61.4 Å². The van der Waals surface area contributed by atoms with Crippen molar-refractivity contribution < 1.29 is 19.1 Å². The van der Waals surface area contributed by atoms with E-state index in [0.29, 0.717) is 28.3 Å². The first kappa shape index (κ1) is 25.5. The maximum absolute atomic E-state index is 13.8. The molecule has 10 heteroatoms. The highest BCUT2D eigenvalue weighted by Crippen LogP contribution is 2.28. The van der Waals surface area contributed by atoms with Crippen LogP contribution in [0.4, 0.5) is 21.9 Å². The number of hydrogen-bond donors (Lipinski definition) is 3. The highest BCUT2D eigenvalue weighted by atomic mass is 16.5. The summed E-state index contributed by atoms with van der Waals surface area (Å²) in [7, 11) is 3.20. The molecule has 3 N–H and O–H groups in total. The number of carbonyl (C=O) groups is 3. The predicted molar refractivity (Wildman–Crippen MR) is 142 cm³/mol. The molecule has 0 fully saturated rings. The summed E-state index contributed by atoms with van der Waals surface area (Å²) in [6.45, 7) is 1.37. The summed E-state index contributed by atoms with van der Waals surface area (Å²) in [5, 5.41) is 8.39. The number of para-hydroxylation sites is 1. The number of nitrogens with zero attached hydrogens (tertiary/aromatic N) is 3. The van der Waals surface area contributed by atoms with E-state index in [1.807, 2.05) is 18.2 Å². The molecule has 0 saturated carbocycles. The molecule has 2 atom stereocenters. The highest BCUT2D eigenvalue weighted by molar-refractivity contribution is 6.20. The SMILES string of the molecule is CNc1cccc(NC(=O)NC2N=C(c3ccccn3)c3ccccc3N(CC(=O)C(C)OC)C2=O)c1. The Balaban J connectivity index is 1.73. The number of amides is 3. The number of hydrogen-bond acceptors (Lipinski definition) is 7. The molecule has 3 aromatic rings. The van der Waals surface area contributed by atoms with Crippen molar-refractivity contribution in [1.29, 1.82) is 0 Å². The summed E-state index contributed by atoms with van der Waals surface area (Å²) in [6.07, 6.45) is -0.408. The number of benzene rings is 2. The lowest BCUT2D eigenvalue weighted by Crippen LogP contribution is -2.50. The number of carbonyl (C=O) groups excluding carboxylic acids is 3. The molecule has 3 amide bonds. The Labute approximate surface area is 214 Å². The van der Waals surface area contributed by atoms with E-state index in [1.165, 1.54) is 12.0 Å². The van der Waals surface area contributed by atoms with Crippen LogP contribution >= 0.6 is 0 Å². The summed E-state index contributed by atoms with van der Waals surface area (Å²) >= 11 is 0.